The van der Waals surface area contributed by atoms with Crippen LogP contribution in [0.1, 0.15) is 12.0 Å². The molecule has 2 heterocycles. The molecule has 4 nitrogen and oxygen atoms in total. The molecule has 93 valence electrons. The van der Waals surface area contributed by atoms with Gasteiger partial charge in [-0.2, -0.15) is 5.10 Å². The van der Waals surface area contributed by atoms with Gasteiger partial charge in [-0.1, -0.05) is 30.3 Å². The molecule has 1 atom stereocenters. The molecule has 2 aliphatic heterocycles. The molecule has 1 unspecified atom stereocenters. The van der Waals surface area contributed by atoms with Crippen LogP contribution in [0.15, 0.2) is 35.4 Å². The molecular weight excluding hydrogens is 226 g/mol. The number of hydrogen-bond acceptors (Lipinski definition) is 2. The second kappa shape index (κ2) is 4.21. The summed E-state index contributed by atoms with van der Waals surface area (Å²) in [6, 6.07) is 10.1. The molecule has 0 bridgehead atoms. The zero-order valence-corrected chi connectivity index (χ0v) is 10.5. The third kappa shape index (κ3) is 1.64. The highest BCUT2D eigenvalue weighted by Crippen LogP contribution is 2.35. The molecule has 3 rings (SSSR count). The molecule has 0 aliphatic carbocycles. The normalized spacial score (nSPS) is 27.1. The Bertz CT molecular complexity index is 497. The number of carbonyl (C=O) groups excluding carboxylic acids is 1. The van der Waals surface area contributed by atoms with Crippen molar-refractivity contribution in [1.82, 2.24) is 10.3 Å². The first-order chi connectivity index (χ1) is 8.72. The number of carbonyl (C=O) groups is 1. The molecule has 2 aliphatic rings. The van der Waals surface area contributed by atoms with Gasteiger partial charge in [0.25, 0.3) is 5.91 Å². The average Bonchev–Trinajstić information content (AvgIpc) is 2.64. The van der Waals surface area contributed by atoms with Crippen molar-refractivity contribution in [2.45, 2.75) is 12.8 Å². The number of rotatable bonds is 2. The minimum absolute atomic E-state index is 0.0878. The second-order valence-electron chi connectivity index (χ2n) is 4.98. The Morgan fingerprint density at radius 3 is 2.89 bits per heavy atom. The summed E-state index contributed by atoms with van der Waals surface area (Å²) in [7, 11) is 1.74. The minimum Gasteiger partial charge on any atom is -0.272 e. The first kappa shape index (κ1) is 11.4. The zero-order chi connectivity index (χ0) is 12.6. The van der Waals surface area contributed by atoms with Crippen molar-refractivity contribution in [2.24, 2.45) is 10.5 Å². The molecule has 1 amide bonds. The van der Waals surface area contributed by atoms with E-state index in [1.165, 1.54) is 10.6 Å². The quantitative estimate of drug-likeness (QED) is 0.764. The summed E-state index contributed by atoms with van der Waals surface area (Å²) >= 11 is 0. The molecule has 18 heavy (non-hydrogen) atoms. The summed E-state index contributed by atoms with van der Waals surface area (Å²) in [6.45, 7) is 1.36. The first-order valence-corrected chi connectivity index (χ1v) is 6.26. The van der Waals surface area contributed by atoms with E-state index in [2.05, 4.69) is 22.6 Å². The fourth-order valence-corrected chi connectivity index (χ4v) is 2.84. The van der Waals surface area contributed by atoms with Gasteiger partial charge in [-0.05, 0) is 12.0 Å². The topological polar surface area (TPSA) is 46.8 Å². The summed E-state index contributed by atoms with van der Waals surface area (Å²) in [5.74, 6) is 0.0878. The Kier molecular flexibility index (Phi) is 2.67. The van der Waals surface area contributed by atoms with Crippen LogP contribution in [0.5, 0.6) is 0 Å². The lowest BCUT2D eigenvalue weighted by Gasteiger charge is -2.32. The molecule has 1 saturated heterocycles. The summed E-state index contributed by atoms with van der Waals surface area (Å²) in [4.78, 5) is 12.4. The minimum atomic E-state index is -0.506. The Morgan fingerprint density at radius 2 is 2.11 bits per heavy atom. The SMILES string of the molecule is CN1N=C2CC[N]CC2(Cc2ccccc2)C1=O. The lowest BCUT2D eigenvalue weighted by Crippen LogP contribution is -2.50. The molecule has 1 aromatic rings. The van der Waals surface area contributed by atoms with Gasteiger partial charge in [0, 0.05) is 26.6 Å². The van der Waals surface area contributed by atoms with Gasteiger partial charge in [0.1, 0.15) is 5.41 Å². The average molecular weight is 242 g/mol. The third-order valence-electron chi connectivity index (χ3n) is 3.76. The Labute approximate surface area is 107 Å². The van der Waals surface area contributed by atoms with Gasteiger partial charge in [-0.3, -0.25) is 4.79 Å². The van der Waals surface area contributed by atoms with Crippen LogP contribution in [-0.2, 0) is 11.2 Å². The maximum Gasteiger partial charge on any atom is 0.256 e. The van der Waals surface area contributed by atoms with E-state index in [-0.39, 0.29) is 5.91 Å². The number of piperidine rings is 1. The Balaban J connectivity index is 1.96. The first-order valence-electron chi connectivity index (χ1n) is 6.26. The lowest BCUT2D eigenvalue weighted by molar-refractivity contribution is -0.135. The number of fused-ring (bicyclic) bond motifs is 1. The van der Waals surface area contributed by atoms with Crippen molar-refractivity contribution < 1.29 is 4.79 Å². The van der Waals surface area contributed by atoms with Gasteiger partial charge in [-0.15, -0.1) is 0 Å². The van der Waals surface area contributed by atoms with Crippen LogP contribution in [0.2, 0.25) is 0 Å². The number of hydrogen-bond donors (Lipinski definition) is 0. The van der Waals surface area contributed by atoms with E-state index in [1.54, 1.807) is 7.05 Å². The van der Waals surface area contributed by atoms with Crippen LogP contribution >= 0.6 is 0 Å². The number of amides is 1. The van der Waals surface area contributed by atoms with Crippen molar-refractivity contribution in [2.75, 3.05) is 20.1 Å². The summed E-state index contributed by atoms with van der Waals surface area (Å²) < 4.78 is 0. The van der Waals surface area contributed by atoms with Gasteiger partial charge < -0.3 is 0 Å². The van der Waals surface area contributed by atoms with Gasteiger partial charge >= 0.3 is 0 Å². The summed E-state index contributed by atoms with van der Waals surface area (Å²) in [5, 5.41) is 10.3. The van der Waals surface area contributed by atoms with Crippen LogP contribution in [-0.4, -0.2) is 36.8 Å². The predicted octanol–water partition coefficient (Wildman–Crippen LogP) is 1.05. The van der Waals surface area contributed by atoms with E-state index in [9.17, 15) is 4.79 Å². The van der Waals surface area contributed by atoms with E-state index in [0.717, 1.165) is 18.7 Å². The Morgan fingerprint density at radius 1 is 1.33 bits per heavy atom. The van der Waals surface area contributed by atoms with Crippen LogP contribution in [0, 0.1) is 5.41 Å². The van der Waals surface area contributed by atoms with Crippen molar-refractivity contribution in [3.63, 3.8) is 0 Å². The van der Waals surface area contributed by atoms with Gasteiger partial charge in [0.05, 0.1) is 5.71 Å². The second-order valence-corrected chi connectivity index (χ2v) is 4.98. The maximum absolute atomic E-state index is 12.4. The van der Waals surface area contributed by atoms with Gasteiger partial charge in [0.15, 0.2) is 0 Å². The molecule has 1 radical (unpaired) electrons. The maximum atomic E-state index is 12.4. The highest BCUT2D eigenvalue weighted by Gasteiger charge is 2.51. The molecule has 0 spiro atoms. The van der Waals surface area contributed by atoms with Crippen LogP contribution in [0.25, 0.3) is 0 Å². The lowest BCUT2D eigenvalue weighted by atomic mass is 9.74. The summed E-state index contributed by atoms with van der Waals surface area (Å²) in [5.41, 5.74) is 1.67. The molecule has 4 heteroatoms. The van der Waals surface area contributed by atoms with Crippen LogP contribution in [0.4, 0.5) is 0 Å². The molecule has 1 aromatic carbocycles. The molecule has 0 aromatic heterocycles. The Hall–Kier alpha value is -1.68. The monoisotopic (exact) mass is 242 g/mol. The van der Waals surface area contributed by atoms with E-state index in [4.69, 9.17) is 0 Å². The number of hydrazone groups is 1. The van der Waals surface area contributed by atoms with Crippen molar-refractivity contribution in [1.29, 1.82) is 0 Å². The number of benzene rings is 1. The molecule has 0 N–H and O–H groups in total. The highest BCUT2D eigenvalue weighted by atomic mass is 16.2. The fourth-order valence-electron chi connectivity index (χ4n) is 2.84. The van der Waals surface area contributed by atoms with E-state index in [1.807, 2.05) is 18.2 Å². The zero-order valence-electron chi connectivity index (χ0n) is 10.5. The largest absolute Gasteiger partial charge is 0.272 e. The predicted molar refractivity (Wildman–Crippen MR) is 69.3 cm³/mol. The standard InChI is InChI=1S/C14H16N3O/c1-17-13(18)14(9-11-5-3-2-4-6-11)10-15-8-7-12(14)16-17/h2-6H,7-10H2,1H3. The fraction of sp³-hybridized carbons (Fsp3) is 0.429. The molecule has 0 saturated carbocycles. The smallest absolute Gasteiger partial charge is 0.256 e. The summed E-state index contributed by atoms with van der Waals surface area (Å²) in [6.07, 6.45) is 1.52. The van der Waals surface area contributed by atoms with Crippen LogP contribution < -0.4 is 5.32 Å². The van der Waals surface area contributed by atoms with E-state index >= 15 is 0 Å². The molecular formula is C14H16N3O. The molecule has 1 fully saturated rings. The van der Waals surface area contributed by atoms with E-state index < -0.39 is 5.41 Å². The van der Waals surface area contributed by atoms with Crippen molar-refractivity contribution in [3.8, 4) is 0 Å². The van der Waals surface area contributed by atoms with E-state index in [0.29, 0.717) is 13.0 Å². The third-order valence-corrected chi connectivity index (χ3v) is 3.76. The number of nitrogens with zero attached hydrogens (tertiary/aromatic N) is 3. The van der Waals surface area contributed by atoms with Gasteiger partial charge in [-0.25, -0.2) is 10.3 Å². The van der Waals surface area contributed by atoms with Crippen molar-refractivity contribution in [3.05, 3.63) is 35.9 Å². The van der Waals surface area contributed by atoms with Crippen LogP contribution in [0.3, 0.4) is 0 Å². The highest BCUT2D eigenvalue weighted by molar-refractivity contribution is 6.13. The van der Waals surface area contributed by atoms with Gasteiger partial charge in [0.2, 0.25) is 0 Å². The van der Waals surface area contributed by atoms with Crippen molar-refractivity contribution >= 4 is 11.6 Å².